The van der Waals surface area contributed by atoms with Crippen molar-refractivity contribution in [2.24, 2.45) is 10.8 Å². The molecule has 4 nitrogen and oxygen atoms in total. The number of esters is 2. The van der Waals surface area contributed by atoms with Crippen LogP contribution in [-0.4, -0.2) is 26.2 Å². The van der Waals surface area contributed by atoms with Gasteiger partial charge in [0.2, 0.25) is 0 Å². The summed E-state index contributed by atoms with van der Waals surface area (Å²) < 4.78 is 23.1. The number of hydrogen-bond donors (Lipinski definition) is 0. The van der Waals surface area contributed by atoms with Crippen LogP contribution in [0.5, 0.6) is 0 Å². The van der Waals surface area contributed by atoms with E-state index in [1.54, 1.807) is 19.1 Å². The summed E-state index contributed by atoms with van der Waals surface area (Å²) in [5.74, 6) is -1.67. The van der Waals surface area contributed by atoms with E-state index in [0.717, 1.165) is 5.56 Å². The number of methoxy groups -OCH3 is 2. The van der Waals surface area contributed by atoms with Crippen molar-refractivity contribution in [1.29, 1.82) is 0 Å². The van der Waals surface area contributed by atoms with E-state index in [4.69, 9.17) is 9.47 Å². The van der Waals surface area contributed by atoms with Crippen LogP contribution in [0, 0.1) is 16.6 Å². The van der Waals surface area contributed by atoms with E-state index in [2.05, 4.69) is 6.58 Å². The second-order valence-electron chi connectivity index (χ2n) is 6.66. The molecule has 2 atom stereocenters. The van der Waals surface area contributed by atoms with Crippen molar-refractivity contribution in [2.45, 2.75) is 32.6 Å². The van der Waals surface area contributed by atoms with Gasteiger partial charge in [-0.15, -0.1) is 0 Å². The Kier molecular flexibility index (Phi) is 4.83. The Bertz CT molecular complexity index is 648. The summed E-state index contributed by atoms with van der Waals surface area (Å²) in [6.45, 7) is 7.64. The van der Waals surface area contributed by atoms with Gasteiger partial charge >= 0.3 is 11.9 Å². The first-order valence-electron chi connectivity index (χ1n) is 7.81. The fraction of sp³-hybridized carbons (Fsp3) is 0.474. The number of ether oxygens (including phenoxy) is 2. The van der Waals surface area contributed by atoms with E-state index in [9.17, 15) is 14.0 Å². The molecule has 0 saturated heterocycles. The van der Waals surface area contributed by atoms with Crippen LogP contribution in [0.2, 0.25) is 0 Å². The lowest BCUT2D eigenvalue weighted by atomic mass is 9.63. The summed E-state index contributed by atoms with van der Waals surface area (Å²) in [5, 5.41) is 0. The monoisotopic (exact) mass is 334 g/mol. The van der Waals surface area contributed by atoms with Crippen molar-refractivity contribution >= 4 is 11.9 Å². The summed E-state index contributed by atoms with van der Waals surface area (Å²) in [4.78, 5) is 25.3. The molecular weight excluding hydrogens is 311 g/mol. The largest absolute Gasteiger partial charge is 0.468 e. The zero-order chi connectivity index (χ0) is 18.1. The maximum absolute atomic E-state index is 13.2. The van der Waals surface area contributed by atoms with Crippen LogP contribution in [0.4, 0.5) is 4.39 Å². The van der Waals surface area contributed by atoms with Crippen LogP contribution in [0.3, 0.4) is 0 Å². The standard InChI is InChI=1S/C19H23FO4/c1-12(2)18(3)10-14(13-6-8-15(20)9-7-13)11-19(18,16(21)23-4)17(22)24-5/h6-9,14H,1,10-11H2,2-5H3/t14-,18-/m0/s1. The maximum atomic E-state index is 13.2. The molecule has 0 radical (unpaired) electrons. The molecule has 0 amide bonds. The minimum atomic E-state index is -1.46. The molecule has 0 bridgehead atoms. The van der Waals surface area contributed by atoms with Crippen molar-refractivity contribution < 1.29 is 23.5 Å². The van der Waals surface area contributed by atoms with Gasteiger partial charge in [-0.05, 0) is 43.4 Å². The molecule has 0 spiro atoms. The third-order valence-corrected chi connectivity index (χ3v) is 5.50. The summed E-state index contributed by atoms with van der Waals surface area (Å²) in [7, 11) is 2.52. The lowest BCUT2D eigenvalue weighted by molar-refractivity contribution is -0.175. The zero-order valence-electron chi connectivity index (χ0n) is 14.5. The number of hydrogen-bond acceptors (Lipinski definition) is 4. The van der Waals surface area contributed by atoms with Crippen molar-refractivity contribution in [3.8, 4) is 0 Å². The van der Waals surface area contributed by atoms with Crippen molar-refractivity contribution in [2.75, 3.05) is 14.2 Å². The van der Waals surface area contributed by atoms with Crippen LogP contribution in [0.1, 0.15) is 38.2 Å². The number of carbonyl (C=O) groups is 2. The van der Waals surface area contributed by atoms with E-state index in [0.29, 0.717) is 12.0 Å². The summed E-state index contributed by atoms with van der Waals surface area (Å²) in [6.07, 6.45) is 0.763. The molecule has 1 aliphatic carbocycles. The van der Waals surface area contributed by atoms with Crippen molar-refractivity contribution in [3.05, 3.63) is 47.8 Å². The molecule has 1 fully saturated rings. The van der Waals surface area contributed by atoms with E-state index >= 15 is 0 Å². The number of rotatable bonds is 4. The van der Waals surface area contributed by atoms with Crippen LogP contribution >= 0.6 is 0 Å². The van der Waals surface area contributed by atoms with Gasteiger partial charge in [-0.3, -0.25) is 9.59 Å². The second-order valence-corrected chi connectivity index (χ2v) is 6.66. The highest BCUT2D eigenvalue weighted by Gasteiger charge is 2.66. The van der Waals surface area contributed by atoms with E-state index in [-0.39, 0.29) is 18.2 Å². The van der Waals surface area contributed by atoms with Gasteiger partial charge in [-0.25, -0.2) is 4.39 Å². The van der Waals surface area contributed by atoms with Gasteiger partial charge in [-0.2, -0.15) is 0 Å². The normalized spacial score (nSPS) is 25.1. The van der Waals surface area contributed by atoms with Gasteiger partial charge in [0.1, 0.15) is 5.82 Å². The molecule has 1 aliphatic rings. The molecule has 130 valence electrons. The van der Waals surface area contributed by atoms with Gasteiger partial charge in [0, 0.05) is 5.41 Å². The molecule has 0 aliphatic heterocycles. The van der Waals surface area contributed by atoms with E-state index in [1.807, 2.05) is 6.92 Å². The average molecular weight is 334 g/mol. The minimum absolute atomic E-state index is 0.106. The lowest BCUT2D eigenvalue weighted by Crippen LogP contribution is -2.50. The SMILES string of the molecule is C=C(C)[C@]1(C)C[C@H](c2ccc(F)cc2)CC1(C(=O)OC)C(=O)OC. The third kappa shape index (κ3) is 2.52. The first-order chi connectivity index (χ1) is 11.2. The molecule has 0 heterocycles. The molecule has 1 aromatic carbocycles. The predicted octanol–water partition coefficient (Wildman–Crippen LogP) is 3.62. The van der Waals surface area contributed by atoms with Crippen molar-refractivity contribution in [3.63, 3.8) is 0 Å². The molecule has 1 saturated carbocycles. The molecule has 5 heteroatoms. The quantitative estimate of drug-likeness (QED) is 0.479. The topological polar surface area (TPSA) is 52.6 Å². The summed E-state index contributed by atoms with van der Waals surface area (Å²) >= 11 is 0. The predicted molar refractivity (Wildman–Crippen MR) is 87.8 cm³/mol. The van der Waals surface area contributed by atoms with Gasteiger partial charge in [0.25, 0.3) is 0 Å². The highest BCUT2D eigenvalue weighted by Crippen LogP contribution is 2.62. The molecule has 0 N–H and O–H groups in total. The first-order valence-corrected chi connectivity index (χ1v) is 7.81. The molecular formula is C19H23FO4. The number of allylic oxidation sites excluding steroid dienone is 1. The van der Waals surface area contributed by atoms with Gasteiger partial charge in [0.15, 0.2) is 5.41 Å². The first kappa shape index (κ1) is 18.2. The molecule has 24 heavy (non-hydrogen) atoms. The molecule has 0 unspecified atom stereocenters. The Morgan fingerprint density at radius 2 is 1.62 bits per heavy atom. The number of benzene rings is 1. The fourth-order valence-corrected chi connectivity index (χ4v) is 3.89. The zero-order valence-corrected chi connectivity index (χ0v) is 14.5. The van der Waals surface area contributed by atoms with Gasteiger partial charge in [0.05, 0.1) is 14.2 Å². The van der Waals surface area contributed by atoms with Crippen LogP contribution in [0.15, 0.2) is 36.4 Å². The maximum Gasteiger partial charge on any atom is 0.324 e. The van der Waals surface area contributed by atoms with Gasteiger partial charge in [-0.1, -0.05) is 31.2 Å². The highest BCUT2D eigenvalue weighted by molar-refractivity contribution is 6.02. The average Bonchev–Trinajstić information content (AvgIpc) is 2.90. The fourth-order valence-electron chi connectivity index (χ4n) is 3.89. The molecule has 2 rings (SSSR count). The Hall–Kier alpha value is -2.17. The van der Waals surface area contributed by atoms with Crippen LogP contribution in [0.25, 0.3) is 0 Å². The second kappa shape index (κ2) is 6.38. The van der Waals surface area contributed by atoms with E-state index in [1.165, 1.54) is 26.4 Å². The molecule has 1 aromatic rings. The minimum Gasteiger partial charge on any atom is -0.468 e. The Morgan fingerprint density at radius 1 is 1.12 bits per heavy atom. The Balaban J connectivity index is 2.58. The molecule has 0 aromatic heterocycles. The van der Waals surface area contributed by atoms with E-state index < -0.39 is 22.8 Å². The highest BCUT2D eigenvalue weighted by atomic mass is 19.1. The Labute approximate surface area is 141 Å². The smallest absolute Gasteiger partial charge is 0.324 e. The lowest BCUT2D eigenvalue weighted by Gasteiger charge is -2.39. The summed E-state index contributed by atoms with van der Waals surface area (Å²) in [5.41, 5.74) is -0.686. The number of carbonyl (C=O) groups excluding carboxylic acids is 2. The number of halogens is 1. The Morgan fingerprint density at radius 3 is 2.04 bits per heavy atom. The third-order valence-electron chi connectivity index (χ3n) is 5.50. The van der Waals surface area contributed by atoms with Crippen LogP contribution in [-0.2, 0) is 19.1 Å². The van der Waals surface area contributed by atoms with Crippen molar-refractivity contribution in [1.82, 2.24) is 0 Å². The summed E-state index contributed by atoms with van der Waals surface area (Å²) in [6, 6.07) is 6.13. The van der Waals surface area contributed by atoms with Crippen LogP contribution < -0.4 is 0 Å². The van der Waals surface area contributed by atoms with Gasteiger partial charge < -0.3 is 9.47 Å².